The zero-order valence-electron chi connectivity index (χ0n) is 28.1. The molecule has 0 aliphatic rings. The van der Waals surface area contributed by atoms with Crippen LogP contribution in [0.25, 0.3) is 0 Å². The Bertz CT molecular complexity index is 1160. The van der Waals surface area contributed by atoms with Gasteiger partial charge in [0, 0.05) is 43.5 Å². The van der Waals surface area contributed by atoms with Crippen molar-refractivity contribution in [1.82, 2.24) is 16.0 Å². The maximum atomic E-state index is 13.6. The first-order valence-corrected chi connectivity index (χ1v) is 15.9. The number of anilines is 1. The largest absolute Gasteiger partial charge is 0.444 e. The number of amides is 5. The van der Waals surface area contributed by atoms with Crippen molar-refractivity contribution in [3.63, 3.8) is 0 Å². The number of primary amides is 1. The van der Waals surface area contributed by atoms with Crippen LogP contribution in [0.15, 0.2) is 24.3 Å². The van der Waals surface area contributed by atoms with Crippen molar-refractivity contribution >= 4 is 41.2 Å². The van der Waals surface area contributed by atoms with E-state index < -0.39 is 47.4 Å². The molecule has 3 atom stereocenters. The van der Waals surface area contributed by atoms with E-state index in [4.69, 9.17) is 10.5 Å². The fraction of sp³-hybridized carbons (Fsp3) is 0.636. The fourth-order valence-corrected chi connectivity index (χ4v) is 4.78. The third-order valence-corrected chi connectivity index (χ3v) is 7.11. The van der Waals surface area contributed by atoms with E-state index in [9.17, 15) is 33.9 Å². The Kier molecular flexibility index (Phi) is 17.6. The molecule has 5 amide bonds. The molecule has 13 nitrogen and oxygen atoms in total. The summed E-state index contributed by atoms with van der Waals surface area (Å²) >= 11 is 0. The van der Waals surface area contributed by atoms with E-state index in [1.165, 1.54) is 6.92 Å². The number of alkyl carbamates (subject to hydrolysis) is 1. The van der Waals surface area contributed by atoms with Gasteiger partial charge in [-0.3, -0.25) is 14.4 Å². The fourth-order valence-electron chi connectivity index (χ4n) is 4.78. The normalized spacial score (nSPS) is 13.2. The van der Waals surface area contributed by atoms with Crippen molar-refractivity contribution in [2.24, 2.45) is 23.5 Å². The summed E-state index contributed by atoms with van der Waals surface area (Å²) in [5.74, 6) is -3.01. The Labute approximate surface area is 272 Å². The predicted molar refractivity (Wildman–Crippen MR) is 175 cm³/mol. The summed E-state index contributed by atoms with van der Waals surface area (Å²) in [6.45, 7) is 10.7. The zero-order chi connectivity index (χ0) is 34.9. The van der Waals surface area contributed by atoms with Gasteiger partial charge in [-0.05, 0) is 77.0 Å². The van der Waals surface area contributed by atoms with Gasteiger partial charge in [-0.1, -0.05) is 32.4 Å². The molecule has 0 aliphatic carbocycles. The number of aliphatic hydroxyl groups excluding tert-OH is 1. The third kappa shape index (κ3) is 16.9. The van der Waals surface area contributed by atoms with E-state index in [2.05, 4.69) is 21.3 Å². The number of aliphatic hydroxyl groups is 1. The van der Waals surface area contributed by atoms with Gasteiger partial charge in [-0.25, -0.2) is 9.59 Å². The summed E-state index contributed by atoms with van der Waals surface area (Å²) in [4.78, 5) is 75.2. The summed E-state index contributed by atoms with van der Waals surface area (Å²) in [7, 11) is 0. The van der Waals surface area contributed by atoms with Gasteiger partial charge >= 0.3 is 12.1 Å². The SMILES string of the molecule is CC(=O)C[C@@H](CCCCNC(=O)OC(C)(C)C)C(=O)N[C@H](C(=O)C[C@@H](CCCNC(N)=O)C(=O)Nc1ccc(CO)cc1)C(C)C. The molecule has 7 N–H and O–H groups in total. The molecular formula is C33H53N5O8. The lowest BCUT2D eigenvalue weighted by Crippen LogP contribution is -2.48. The highest BCUT2D eigenvalue weighted by Crippen LogP contribution is 2.21. The summed E-state index contributed by atoms with van der Waals surface area (Å²) in [6.07, 6.45) is 1.49. The van der Waals surface area contributed by atoms with Crippen molar-refractivity contribution in [2.45, 2.75) is 105 Å². The van der Waals surface area contributed by atoms with Crippen LogP contribution < -0.4 is 27.0 Å². The van der Waals surface area contributed by atoms with E-state index in [1.807, 2.05) is 0 Å². The number of Topliss-reactive ketones (excluding diaryl/α,β-unsaturated/α-hetero) is 2. The van der Waals surface area contributed by atoms with E-state index >= 15 is 0 Å². The van der Waals surface area contributed by atoms with Gasteiger partial charge in [0.05, 0.1) is 12.6 Å². The molecule has 0 saturated carbocycles. The minimum atomic E-state index is -0.890. The summed E-state index contributed by atoms with van der Waals surface area (Å²) in [5.41, 5.74) is 5.71. The van der Waals surface area contributed by atoms with Crippen LogP contribution in [0.1, 0.15) is 92.1 Å². The number of hydrogen-bond acceptors (Lipinski definition) is 8. The highest BCUT2D eigenvalue weighted by atomic mass is 16.6. The van der Waals surface area contributed by atoms with Gasteiger partial charge in [0.1, 0.15) is 11.4 Å². The molecule has 0 spiro atoms. The van der Waals surface area contributed by atoms with Crippen LogP contribution in [-0.2, 0) is 30.5 Å². The van der Waals surface area contributed by atoms with Crippen molar-refractivity contribution in [3.05, 3.63) is 29.8 Å². The number of ether oxygens (including phenoxy) is 1. The molecule has 258 valence electrons. The number of carbonyl (C=O) groups is 6. The lowest BCUT2D eigenvalue weighted by atomic mass is 9.88. The van der Waals surface area contributed by atoms with Crippen molar-refractivity contribution < 1.29 is 38.6 Å². The number of unbranched alkanes of at least 4 members (excludes halogenated alkanes) is 1. The molecule has 46 heavy (non-hydrogen) atoms. The molecule has 0 aromatic heterocycles. The van der Waals surface area contributed by atoms with Gasteiger partial charge in [0.2, 0.25) is 11.8 Å². The summed E-state index contributed by atoms with van der Waals surface area (Å²) < 4.78 is 5.22. The number of nitrogens with one attached hydrogen (secondary N) is 4. The molecule has 1 aromatic rings. The van der Waals surface area contributed by atoms with Crippen LogP contribution in [0.5, 0.6) is 0 Å². The number of nitrogens with two attached hydrogens (primary N) is 1. The first kappa shape index (κ1) is 40.0. The van der Waals surface area contributed by atoms with Crippen LogP contribution in [-0.4, -0.2) is 65.3 Å². The zero-order valence-corrected chi connectivity index (χ0v) is 28.1. The lowest BCUT2D eigenvalue weighted by molar-refractivity contribution is -0.134. The number of urea groups is 1. The van der Waals surface area contributed by atoms with Crippen molar-refractivity contribution in [2.75, 3.05) is 18.4 Å². The molecular weight excluding hydrogens is 594 g/mol. The Balaban J connectivity index is 2.92. The summed E-state index contributed by atoms with van der Waals surface area (Å²) in [5, 5.41) is 20.1. The highest BCUT2D eigenvalue weighted by molar-refractivity contribution is 5.97. The highest BCUT2D eigenvalue weighted by Gasteiger charge is 2.31. The lowest BCUT2D eigenvalue weighted by Gasteiger charge is -2.26. The molecule has 0 bridgehead atoms. The topological polar surface area (TPSA) is 206 Å². The smallest absolute Gasteiger partial charge is 0.407 e. The minimum absolute atomic E-state index is 0.0112. The maximum Gasteiger partial charge on any atom is 0.407 e. The van der Waals surface area contributed by atoms with Crippen LogP contribution >= 0.6 is 0 Å². The Morgan fingerprint density at radius 3 is 1.98 bits per heavy atom. The predicted octanol–water partition coefficient (Wildman–Crippen LogP) is 3.57. The van der Waals surface area contributed by atoms with Gasteiger partial charge < -0.3 is 41.6 Å². The Morgan fingerprint density at radius 2 is 1.43 bits per heavy atom. The van der Waals surface area contributed by atoms with Gasteiger partial charge in [-0.2, -0.15) is 0 Å². The van der Waals surface area contributed by atoms with Gasteiger partial charge in [-0.15, -0.1) is 0 Å². The Morgan fingerprint density at radius 1 is 0.848 bits per heavy atom. The second-order valence-corrected chi connectivity index (χ2v) is 12.9. The molecule has 0 aliphatic heterocycles. The van der Waals surface area contributed by atoms with Crippen molar-refractivity contribution in [1.29, 1.82) is 0 Å². The van der Waals surface area contributed by atoms with E-state index in [0.29, 0.717) is 43.5 Å². The van der Waals surface area contributed by atoms with Gasteiger partial charge in [0.25, 0.3) is 0 Å². The standard InChI is InChI=1S/C33H53N5O8/c1-21(2)28(38-30(43)24(18-22(3)40)10-7-8-16-36-32(45)46-33(4,5)6)27(41)19-25(11-9-17-35-31(34)44)29(42)37-26-14-12-23(20-39)13-15-26/h12-15,21,24-25,28,39H,7-11,16-20H2,1-6H3,(H,36,45)(H,37,42)(H,38,43)(H3,34,35,44)/t24-,25-,28+/m1/s1. The number of carbonyl (C=O) groups excluding carboxylic acids is 6. The molecule has 0 saturated heterocycles. The molecule has 1 rings (SSSR count). The second-order valence-electron chi connectivity index (χ2n) is 12.9. The second kappa shape index (κ2) is 20.2. The summed E-state index contributed by atoms with van der Waals surface area (Å²) in [6, 6.07) is 5.06. The van der Waals surface area contributed by atoms with E-state index in [-0.39, 0.29) is 49.9 Å². The van der Waals surface area contributed by atoms with Crippen LogP contribution in [0.2, 0.25) is 0 Å². The Hall–Kier alpha value is -4.00. The van der Waals surface area contributed by atoms with E-state index in [0.717, 1.165) is 0 Å². The van der Waals surface area contributed by atoms with Crippen LogP contribution in [0, 0.1) is 17.8 Å². The van der Waals surface area contributed by atoms with Gasteiger partial charge in [0.15, 0.2) is 5.78 Å². The quantitative estimate of drug-likeness (QED) is 0.115. The average molecular weight is 648 g/mol. The molecule has 0 fully saturated rings. The first-order chi connectivity index (χ1) is 21.5. The van der Waals surface area contributed by atoms with Crippen LogP contribution in [0.3, 0.4) is 0 Å². The molecule has 0 unspecified atom stereocenters. The average Bonchev–Trinajstić information content (AvgIpc) is 2.95. The molecule has 13 heteroatoms. The molecule has 1 aromatic carbocycles. The third-order valence-electron chi connectivity index (χ3n) is 7.11. The first-order valence-electron chi connectivity index (χ1n) is 15.9. The number of rotatable bonds is 20. The monoisotopic (exact) mass is 647 g/mol. The molecule has 0 radical (unpaired) electrons. The maximum absolute atomic E-state index is 13.6. The number of hydrogen-bond donors (Lipinski definition) is 6. The van der Waals surface area contributed by atoms with E-state index in [1.54, 1.807) is 58.9 Å². The number of ketones is 2. The minimum Gasteiger partial charge on any atom is -0.444 e. The molecule has 0 heterocycles. The number of benzene rings is 1. The van der Waals surface area contributed by atoms with Crippen molar-refractivity contribution in [3.8, 4) is 0 Å². The van der Waals surface area contributed by atoms with Crippen LogP contribution in [0.4, 0.5) is 15.3 Å².